The third-order valence-electron chi connectivity index (χ3n) is 2.43. The molecule has 1 aromatic carbocycles. The van der Waals surface area contributed by atoms with E-state index in [0.717, 1.165) is 12.2 Å². The van der Waals surface area contributed by atoms with Crippen LogP contribution in [0.1, 0.15) is 32.8 Å². The Labute approximate surface area is 107 Å². The normalized spacial score (nSPS) is 13.6. The summed E-state index contributed by atoms with van der Waals surface area (Å²) in [4.78, 5) is 0.527. The van der Waals surface area contributed by atoms with Gasteiger partial charge in [-0.1, -0.05) is 48.8 Å². The highest BCUT2D eigenvalue weighted by atomic mass is 79.9. The van der Waals surface area contributed by atoms with Crippen molar-refractivity contribution in [3.8, 4) is 5.75 Å². The van der Waals surface area contributed by atoms with Gasteiger partial charge in [0.05, 0.1) is 7.11 Å². The summed E-state index contributed by atoms with van der Waals surface area (Å²) in [7, 11) is 1.71. The molecule has 0 aliphatic heterocycles. The van der Waals surface area contributed by atoms with Crippen molar-refractivity contribution < 1.29 is 4.74 Å². The molecule has 0 aliphatic rings. The van der Waals surface area contributed by atoms with Crippen LogP contribution in [0.3, 0.4) is 0 Å². The second-order valence-corrected chi connectivity index (χ2v) is 6.71. The highest BCUT2D eigenvalue weighted by Crippen LogP contribution is 2.27. The fraction of sp³-hybridized carbons (Fsp3) is 0.571. The molecule has 90 valence electrons. The van der Waals surface area contributed by atoms with Gasteiger partial charge in [0.1, 0.15) is 5.75 Å². The maximum absolute atomic E-state index is 5.22. The molecule has 1 unspecified atom stereocenters. The molecule has 0 aromatic heterocycles. The van der Waals surface area contributed by atoms with Crippen LogP contribution in [0.2, 0.25) is 0 Å². The van der Waals surface area contributed by atoms with Crippen LogP contribution in [0.4, 0.5) is 0 Å². The molecule has 1 nitrogen and oxygen atoms in total. The van der Waals surface area contributed by atoms with E-state index in [-0.39, 0.29) is 0 Å². The molecule has 0 saturated heterocycles. The summed E-state index contributed by atoms with van der Waals surface area (Å²) in [6, 6.07) is 8.29. The van der Waals surface area contributed by atoms with Gasteiger partial charge in [0.25, 0.3) is 0 Å². The first-order chi connectivity index (χ1) is 7.40. The van der Waals surface area contributed by atoms with E-state index < -0.39 is 0 Å². The summed E-state index contributed by atoms with van der Waals surface area (Å²) < 4.78 is 5.22. The summed E-state index contributed by atoms with van der Waals surface area (Å²) in [5.41, 5.74) is 1.69. The fourth-order valence-corrected chi connectivity index (χ4v) is 3.14. The van der Waals surface area contributed by atoms with Crippen molar-refractivity contribution in [2.45, 2.75) is 38.4 Å². The van der Waals surface area contributed by atoms with E-state index in [1.807, 2.05) is 12.1 Å². The molecule has 0 saturated carbocycles. The second-order valence-electron chi connectivity index (χ2n) is 5.42. The number of rotatable bonds is 4. The lowest BCUT2D eigenvalue weighted by molar-refractivity contribution is 0.373. The molecule has 0 spiro atoms. The second kappa shape index (κ2) is 5.72. The van der Waals surface area contributed by atoms with Crippen molar-refractivity contribution in [1.82, 2.24) is 0 Å². The number of hydrogen-bond acceptors (Lipinski definition) is 1. The Morgan fingerprint density at radius 2 is 2.00 bits per heavy atom. The van der Waals surface area contributed by atoms with E-state index in [0.29, 0.717) is 10.2 Å². The topological polar surface area (TPSA) is 9.23 Å². The quantitative estimate of drug-likeness (QED) is 0.743. The first-order valence-electron chi connectivity index (χ1n) is 5.68. The van der Waals surface area contributed by atoms with Crippen molar-refractivity contribution >= 4 is 15.9 Å². The van der Waals surface area contributed by atoms with Crippen molar-refractivity contribution in [1.29, 1.82) is 0 Å². The first kappa shape index (κ1) is 13.6. The molecule has 0 bridgehead atoms. The van der Waals surface area contributed by atoms with E-state index in [9.17, 15) is 0 Å². The number of alkyl halides is 1. The van der Waals surface area contributed by atoms with E-state index in [1.54, 1.807) is 7.11 Å². The zero-order chi connectivity index (χ0) is 12.2. The molecular formula is C14H21BrO. The molecule has 0 aliphatic carbocycles. The first-order valence-corrected chi connectivity index (χ1v) is 6.59. The summed E-state index contributed by atoms with van der Waals surface area (Å²) in [5.74, 6) is 0.938. The summed E-state index contributed by atoms with van der Waals surface area (Å²) in [5, 5.41) is 0. The predicted octanol–water partition coefficient (Wildman–Crippen LogP) is 4.44. The summed E-state index contributed by atoms with van der Waals surface area (Å²) in [6.07, 6.45) is 2.22. The Bertz CT molecular complexity index is 328. The van der Waals surface area contributed by atoms with Crippen LogP contribution < -0.4 is 4.74 Å². The number of ether oxygens (including phenoxy) is 1. The molecule has 0 amide bonds. The van der Waals surface area contributed by atoms with Crippen LogP contribution in [-0.2, 0) is 6.42 Å². The minimum Gasteiger partial charge on any atom is -0.497 e. The monoisotopic (exact) mass is 284 g/mol. The molecule has 16 heavy (non-hydrogen) atoms. The van der Waals surface area contributed by atoms with Crippen LogP contribution in [0.5, 0.6) is 5.75 Å². The van der Waals surface area contributed by atoms with Gasteiger partial charge in [0.2, 0.25) is 0 Å². The van der Waals surface area contributed by atoms with Gasteiger partial charge in [0.15, 0.2) is 0 Å². The Balaban J connectivity index is 2.59. The highest BCUT2D eigenvalue weighted by molar-refractivity contribution is 9.09. The summed E-state index contributed by atoms with van der Waals surface area (Å²) in [6.45, 7) is 6.81. The molecule has 2 heteroatoms. The molecule has 1 rings (SSSR count). The lowest BCUT2D eigenvalue weighted by atomic mass is 9.89. The molecule has 0 heterocycles. The lowest BCUT2D eigenvalue weighted by Gasteiger charge is -2.22. The van der Waals surface area contributed by atoms with Crippen molar-refractivity contribution in [2.75, 3.05) is 7.11 Å². The molecule has 1 atom stereocenters. The van der Waals surface area contributed by atoms with Gasteiger partial charge in [-0.05, 0) is 36.0 Å². The van der Waals surface area contributed by atoms with Gasteiger partial charge in [0, 0.05) is 4.83 Å². The van der Waals surface area contributed by atoms with Gasteiger partial charge in [-0.25, -0.2) is 0 Å². The third-order valence-corrected chi connectivity index (χ3v) is 3.07. The van der Waals surface area contributed by atoms with E-state index in [4.69, 9.17) is 4.74 Å². The lowest BCUT2D eigenvalue weighted by Crippen LogP contribution is -2.14. The number of hydrogen-bond donors (Lipinski definition) is 0. The average molecular weight is 285 g/mol. The van der Waals surface area contributed by atoms with Crippen molar-refractivity contribution in [3.63, 3.8) is 0 Å². The maximum Gasteiger partial charge on any atom is 0.119 e. The zero-order valence-electron chi connectivity index (χ0n) is 10.6. The largest absolute Gasteiger partial charge is 0.497 e. The van der Waals surface area contributed by atoms with Gasteiger partial charge >= 0.3 is 0 Å². The fourth-order valence-electron chi connectivity index (χ4n) is 1.79. The average Bonchev–Trinajstić information content (AvgIpc) is 2.15. The molecule has 0 fully saturated rings. The smallest absolute Gasteiger partial charge is 0.119 e. The van der Waals surface area contributed by atoms with E-state index in [2.05, 4.69) is 48.8 Å². The van der Waals surface area contributed by atoms with Crippen LogP contribution in [-0.4, -0.2) is 11.9 Å². The SMILES string of the molecule is COc1cccc(CC(Br)CC(C)(C)C)c1. The van der Waals surface area contributed by atoms with Crippen LogP contribution >= 0.6 is 15.9 Å². The number of benzene rings is 1. The predicted molar refractivity (Wildman–Crippen MR) is 73.5 cm³/mol. The Morgan fingerprint density at radius 3 is 2.56 bits per heavy atom. The van der Waals surface area contributed by atoms with Crippen molar-refractivity contribution in [3.05, 3.63) is 29.8 Å². The summed E-state index contributed by atoms with van der Waals surface area (Å²) >= 11 is 3.76. The van der Waals surface area contributed by atoms with Gasteiger partial charge in [-0.15, -0.1) is 0 Å². The molecule has 1 aromatic rings. The standard InChI is InChI=1S/C14H21BrO/c1-14(2,3)10-12(15)8-11-6-5-7-13(9-11)16-4/h5-7,9,12H,8,10H2,1-4H3. The van der Waals surface area contributed by atoms with Gasteiger partial charge < -0.3 is 4.74 Å². The Morgan fingerprint density at radius 1 is 1.31 bits per heavy atom. The van der Waals surface area contributed by atoms with Crippen molar-refractivity contribution in [2.24, 2.45) is 5.41 Å². The molecule has 0 radical (unpaired) electrons. The molecular weight excluding hydrogens is 264 g/mol. The number of methoxy groups -OCH3 is 1. The van der Waals surface area contributed by atoms with Crippen LogP contribution in [0.25, 0.3) is 0 Å². The number of halogens is 1. The van der Waals surface area contributed by atoms with Crippen LogP contribution in [0, 0.1) is 5.41 Å². The minimum atomic E-state index is 0.368. The van der Waals surface area contributed by atoms with Gasteiger partial charge in [-0.2, -0.15) is 0 Å². The Hall–Kier alpha value is -0.500. The zero-order valence-corrected chi connectivity index (χ0v) is 12.2. The van der Waals surface area contributed by atoms with Crippen LogP contribution in [0.15, 0.2) is 24.3 Å². The maximum atomic E-state index is 5.22. The van der Waals surface area contributed by atoms with E-state index >= 15 is 0 Å². The van der Waals surface area contributed by atoms with Gasteiger partial charge in [-0.3, -0.25) is 0 Å². The Kier molecular flexibility index (Phi) is 4.85. The minimum absolute atomic E-state index is 0.368. The third kappa shape index (κ3) is 5.02. The highest BCUT2D eigenvalue weighted by Gasteiger charge is 2.16. The molecule has 0 N–H and O–H groups in total. The van der Waals surface area contributed by atoms with E-state index in [1.165, 1.54) is 12.0 Å².